The minimum Gasteiger partial charge on any atom is -0.477 e. The summed E-state index contributed by atoms with van der Waals surface area (Å²) >= 11 is 3.41. The summed E-state index contributed by atoms with van der Waals surface area (Å²) in [7, 11) is 0. The number of carbonyl (C=O) groups is 1. The normalized spacial score (nSPS) is 13.5. The first-order chi connectivity index (χ1) is 10.7. The first-order valence-corrected chi connectivity index (χ1v) is 8.11. The van der Waals surface area contributed by atoms with Gasteiger partial charge in [0, 0.05) is 38.4 Å². The first kappa shape index (κ1) is 15.1. The van der Waals surface area contributed by atoms with Gasteiger partial charge in [0.25, 0.3) is 5.91 Å². The van der Waals surface area contributed by atoms with Crippen LogP contribution in [0, 0.1) is 6.92 Å². The van der Waals surface area contributed by atoms with Gasteiger partial charge < -0.3 is 14.6 Å². The molecule has 118 valence electrons. The average Bonchev–Trinajstić information content (AvgIpc) is 3.08. The van der Waals surface area contributed by atoms with E-state index in [2.05, 4.69) is 35.9 Å². The number of carbonyl (C=O) groups excluding carboxylic acids is 1. The smallest absolute Gasteiger partial charge is 0.273 e. The van der Waals surface area contributed by atoms with Crippen LogP contribution < -0.4 is 10.1 Å². The molecule has 0 unspecified atom stereocenters. The zero-order chi connectivity index (χ0) is 15.5. The number of aryl methyl sites for hydroxylation is 3. The van der Waals surface area contributed by atoms with E-state index in [1.165, 1.54) is 0 Å². The highest BCUT2D eigenvalue weighted by Crippen LogP contribution is 2.31. The van der Waals surface area contributed by atoms with E-state index in [0.29, 0.717) is 29.2 Å². The van der Waals surface area contributed by atoms with E-state index in [9.17, 15) is 4.79 Å². The Morgan fingerprint density at radius 1 is 1.55 bits per heavy atom. The maximum absolute atomic E-state index is 12.2. The molecule has 1 N–H and O–H groups in total. The number of aromatic nitrogens is 4. The van der Waals surface area contributed by atoms with E-state index in [1.807, 2.05) is 13.1 Å². The Morgan fingerprint density at radius 3 is 3.14 bits per heavy atom. The van der Waals surface area contributed by atoms with Gasteiger partial charge in [-0.25, -0.2) is 9.67 Å². The zero-order valence-corrected chi connectivity index (χ0v) is 14.0. The summed E-state index contributed by atoms with van der Waals surface area (Å²) in [4.78, 5) is 16.4. The molecule has 22 heavy (non-hydrogen) atoms. The fourth-order valence-electron chi connectivity index (χ4n) is 2.42. The third-order valence-electron chi connectivity index (χ3n) is 3.60. The molecule has 0 fully saturated rings. The molecule has 0 aliphatic carbocycles. The van der Waals surface area contributed by atoms with Crippen molar-refractivity contribution in [3.05, 3.63) is 28.4 Å². The quantitative estimate of drug-likeness (QED) is 0.817. The van der Waals surface area contributed by atoms with Gasteiger partial charge >= 0.3 is 0 Å². The summed E-state index contributed by atoms with van der Waals surface area (Å²) < 4.78 is 9.96. The molecule has 0 radical (unpaired) electrons. The van der Waals surface area contributed by atoms with Crippen molar-refractivity contribution in [1.29, 1.82) is 0 Å². The van der Waals surface area contributed by atoms with Crippen LogP contribution in [0.5, 0.6) is 5.88 Å². The maximum Gasteiger partial charge on any atom is 0.273 e. The summed E-state index contributed by atoms with van der Waals surface area (Å²) in [6, 6.07) is 0. The Balaban J connectivity index is 1.54. The summed E-state index contributed by atoms with van der Waals surface area (Å²) in [6.45, 7) is 4.82. The van der Waals surface area contributed by atoms with Crippen LogP contribution in [0.1, 0.15) is 29.2 Å². The van der Waals surface area contributed by atoms with Crippen molar-refractivity contribution in [2.45, 2.75) is 32.9 Å². The van der Waals surface area contributed by atoms with Crippen molar-refractivity contribution in [2.75, 3.05) is 13.2 Å². The highest BCUT2D eigenvalue weighted by molar-refractivity contribution is 9.10. The van der Waals surface area contributed by atoms with Crippen LogP contribution in [0.4, 0.5) is 0 Å². The number of nitrogens with one attached hydrogen (secondary N) is 1. The number of hydrogen-bond donors (Lipinski definition) is 1. The Bertz CT molecular complexity index is 679. The van der Waals surface area contributed by atoms with Crippen LogP contribution in [-0.2, 0) is 13.1 Å². The molecule has 3 heterocycles. The minimum absolute atomic E-state index is 0.181. The standard InChI is InChI=1S/C14H18BrN5O2/c1-10-16-5-8-19(10)6-2-4-17-13(21)12-11(15)14-20(18-12)7-3-9-22-14/h5,8H,2-4,6-7,9H2,1H3,(H,17,21). The van der Waals surface area contributed by atoms with E-state index in [4.69, 9.17) is 4.74 Å². The van der Waals surface area contributed by atoms with Gasteiger partial charge in [0.2, 0.25) is 5.88 Å². The Hall–Kier alpha value is -1.83. The Morgan fingerprint density at radius 2 is 2.41 bits per heavy atom. The van der Waals surface area contributed by atoms with Gasteiger partial charge in [0.1, 0.15) is 10.3 Å². The van der Waals surface area contributed by atoms with Crippen molar-refractivity contribution >= 4 is 21.8 Å². The van der Waals surface area contributed by atoms with Crippen molar-refractivity contribution in [2.24, 2.45) is 0 Å². The van der Waals surface area contributed by atoms with Crippen LogP contribution in [0.3, 0.4) is 0 Å². The second kappa shape index (κ2) is 6.51. The molecule has 3 rings (SSSR count). The van der Waals surface area contributed by atoms with Gasteiger partial charge in [-0.3, -0.25) is 4.79 Å². The molecule has 0 spiro atoms. The number of imidazole rings is 1. The van der Waals surface area contributed by atoms with Crippen LogP contribution >= 0.6 is 15.9 Å². The number of halogens is 1. The summed E-state index contributed by atoms with van der Waals surface area (Å²) in [5, 5.41) is 7.21. The topological polar surface area (TPSA) is 74.0 Å². The predicted molar refractivity (Wildman–Crippen MR) is 84.0 cm³/mol. The fourth-order valence-corrected chi connectivity index (χ4v) is 3.00. The lowest BCUT2D eigenvalue weighted by atomic mass is 10.3. The van der Waals surface area contributed by atoms with E-state index in [1.54, 1.807) is 10.9 Å². The van der Waals surface area contributed by atoms with Gasteiger partial charge in [0.05, 0.1) is 6.61 Å². The first-order valence-electron chi connectivity index (χ1n) is 7.32. The summed E-state index contributed by atoms with van der Waals surface area (Å²) in [5.74, 6) is 1.44. The van der Waals surface area contributed by atoms with Crippen LogP contribution in [0.25, 0.3) is 0 Å². The highest BCUT2D eigenvalue weighted by Gasteiger charge is 2.24. The molecule has 0 aromatic carbocycles. The van der Waals surface area contributed by atoms with Gasteiger partial charge in [-0.05, 0) is 29.3 Å². The van der Waals surface area contributed by atoms with E-state index >= 15 is 0 Å². The van der Waals surface area contributed by atoms with Gasteiger partial charge in [0.15, 0.2) is 5.69 Å². The highest BCUT2D eigenvalue weighted by atomic mass is 79.9. The Kier molecular flexibility index (Phi) is 4.47. The van der Waals surface area contributed by atoms with Crippen LogP contribution in [0.2, 0.25) is 0 Å². The molecule has 2 aromatic rings. The van der Waals surface area contributed by atoms with E-state index < -0.39 is 0 Å². The Labute approximate surface area is 136 Å². The third kappa shape index (κ3) is 3.01. The molecule has 0 saturated heterocycles. The minimum atomic E-state index is -0.181. The van der Waals surface area contributed by atoms with Crippen LogP contribution in [0.15, 0.2) is 16.9 Å². The fraction of sp³-hybridized carbons (Fsp3) is 0.500. The molecule has 0 atom stereocenters. The number of hydrogen-bond acceptors (Lipinski definition) is 4. The number of ether oxygens (including phenoxy) is 1. The second-order valence-electron chi connectivity index (χ2n) is 5.17. The molecule has 0 saturated carbocycles. The van der Waals surface area contributed by atoms with Crippen molar-refractivity contribution in [3.8, 4) is 5.88 Å². The molecule has 0 bridgehead atoms. The number of fused-ring (bicyclic) bond motifs is 1. The van der Waals surface area contributed by atoms with Crippen molar-refractivity contribution in [3.63, 3.8) is 0 Å². The number of nitrogens with zero attached hydrogens (tertiary/aromatic N) is 4. The largest absolute Gasteiger partial charge is 0.477 e. The summed E-state index contributed by atoms with van der Waals surface area (Å²) in [5.41, 5.74) is 0.385. The molecule has 8 heteroatoms. The lowest BCUT2D eigenvalue weighted by molar-refractivity contribution is 0.0946. The second-order valence-corrected chi connectivity index (χ2v) is 5.96. The molecule has 1 aliphatic heterocycles. The van der Waals surface area contributed by atoms with Crippen molar-refractivity contribution in [1.82, 2.24) is 24.6 Å². The van der Waals surface area contributed by atoms with Gasteiger partial charge in [-0.15, -0.1) is 0 Å². The molecule has 1 amide bonds. The average molecular weight is 368 g/mol. The molecule has 1 aliphatic rings. The molecular weight excluding hydrogens is 350 g/mol. The molecule has 2 aromatic heterocycles. The van der Waals surface area contributed by atoms with Gasteiger partial charge in [-0.2, -0.15) is 5.10 Å². The zero-order valence-electron chi connectivity index (χ0n) is 12.4. The lowest BCUT2D eigenvalue weighted by Crippen LogP contribution is -2.26. The van der Waals surface area contributed by atoms with Gasteiger partial charge in [-0.1, -0.05) is 0 Å². The van der Waals surface area contributed by atoms with Crippen LogP contribution in [-0.4, -0.2) is 38.4 Å². The predicted octanol–water partition coefficient (Wildman–Crippen LogP) is 1.75. The SMILES string of the molecule is Cc1nccn1CCCNC(=O)c1nn2c(c1Br)OCCC2. The van der Waals surface area contributed by atoms with E-state index in [-0.39, 0.29) is 5.91 Å². The lowest BCUT2D eigenvalue weighted by Gasteiger charge is -2.14. The molecule has 7 nitrogen and oxygen atoms in total. The maximum atomic E-state index is 12.2. The molecular formula is C14H18BrN5O2. The number of rotatable bonds is 5. The van der Waals surface area contributed by atoms with Crippen molar-refractivity contribution < 1.29 is 9.53 Å². The monoisotopic (exact) mass is 367 g/mol. The third-order valence-corrected chi connectivity index (χ3v) is 4.32. The van der Waals surface area contributed by atoms with E-state index in [0.717, 1.165) is 31.8 Å². The summed E-state index contributed by atoms with van der Waals surface area (Å²) in [6.07, 6.45) is 5.46. The number of amides is 1.